The maximum atomic E-state index is 9.08. The van der Waals surface area contributed by atoms with Crippen LogP contribution >= 0.6 is 11.6 Å². The molecule has 5 heteroatoms. The lowest BCUT2D eigenvalue weighted by atomic mass is 10.2. The molecule has 0 aliphatic heterocycles. The fourth-order valence-electron chi connectivity index (χ4n) is 1.37. The summed E-state index contributed by atoms with van der Waals surface area (Å²) in [5.41, 5.74) is 0.929. The number of hydrogen-bond acceptors (Lipinski definition) is 4. The predicted octanol–water partition coefficient (Wildman–Crippen LogP) is 2.27. The molecule has 1 atom stereocenters. The molecule has 0 radical (unpaired) electrons. The summed E-state index contributed by atoms with van der Waals surface area (Å²) in [4.78, 5) is 8.43. The number of aliphatic hydroxyl groups is 1. The summed E-state index contributed by atoms with van der Waals surface area (Å²) in [6, 6.07) is 1.75. The zero-order chi connectivity index (χ0) is 12.0. The lowest BCUT2D eigenvalue weighted by Gasteiger charge is -2.14. The van der Waals surface area contributed by atoms with Gasteiger partial charge in [0.25, 0.3) is 0 Å². The zero-order valence-electron chi connectivity index (χ0n) is 9.70. The molecular weight excluding hydrogens is 226 g/mol. The van der Waals surface area contributed by atoms with Gasteiger partial charge in [-0.15, -0.1) is 0 Å². The normalized spacial score (nSPS) is 12.5. The first-order valence-corrected chi connectivity index (χ1v) is 5.98. The van der Waals surface area contributed by atoms with Crippen molar-refractivity contribution in [2.75, 3.05) is 11.9 Å². The highest BCUT2D eigenvalue weighted by Gasteiger charge is 2.08. The number of nitrogens with zero attached hydrogens (tertiary/aromatic N) is 2. The molecular formula is C11H18ClN3O. The van der Waals surface area contributed by atoms with E-state index in [1.54, 1.807) is 6.07 Å². The molecule has 1 aromatic rings. The van der Waals surface area contributed by atoms with Gasteiger partial charge < -0.3 is 10.4 Å². The van der Waals surface area contributed by atoms with Crippen LogP contribution in [-0.4, -0.2) is 27.7 Å². The van der Waals surface area contributed by atoms with Crippen LogP contribution < -0.4 is 5.32 Å². The molecule has 2 N–H and O–H groups in total. The minimum absolute atomic E-state index is 0.0204. The van der Waals surface area contributed by atoms with Crippen molar-refractivity contribution in [2.24, 2.45) is 0 Å². The van der Waals surface area contributed by atoms with E-state index in [-0.39, 0.29) is 12.6 Å². The number of hydrogen-bond donors (Lipinski definition) is 2. The zero-order valence-corrected chi connectivity index (χ0v) is 10.5. The van der Waals surface area contributed by atoms with E-state index < -0.39 is 0 Å². The van der Waals surface area contributed by atoms with Crippen LogP contribution in [0.1, 0.15) is 32.4 Å². The van der Waals surface area contributed by atoms with E-state index in [4.69, 9.17) is 16.7 Å². The van der Waals surface area contributed by atoms with Crippen LogP contribution in [-0.2, 0) is 6.42 Å². The van der Waals surface area contributed by atoms with Crippen LogP contribution in [0.2, 0.25) is 5.15 Å². The number of nitrogens with one attached hydrogen (secondary N) is 1. The number of aromatic nitrogens is 2. The molecule has 1 heterocycles. The van der Waals surface area contributed by atoms with Gasteiger partial charge in [-0.3, -0.25) is 0 Å². The van der Waals surface area contributed by atoms with Gasteiger partial charge in [-0.25, -0.2) is 9.97 Å². The van der Waals surface area contributed by atoms with Crippen molar-refractivity contribution < 1.29 is 5.11 Å². The van der Waals surface area contributed by atoms with Crippen LogP contribution in [0.5, 0.6) is 0 Å². The van der Waals surface area contributed by atoms with E-state index in [1.807, 2.05) is 6.92 Å². The third-order valence-electron chi connectivity index (χ3n) is 2.30. The van der Waals surface area contributed by atoms with Crippen LogP contribution in [0.4, 0.5) is 5.95 Å². The maximum absolute atomic E-state index is 9.08. The smallest absolute Gasteiger partial charge is 0.224 e. The highest BCUT2D eigenvalue weighted by atomic mass is 35.5. The summed E-state index contributed by atoms with van der Waals surface area (Å²) in [6.45, 7) is 4.15. The molecule has 1 unspecified atom stereocenters. The molecule has 0 aliphatic carbocycles. The van der Waals surface area contributed by atoms with Crippen LogP contribution in [0, 0.1) is 0 Å². The van der Waals surface area contributed by atoms with E-state index in [1.165, 1.54) is 0 Å². The average Bonchev–Trinajstić information content (AvgIpc) is 2.25. The average molecular weight is 244 g/mol. The topological polar surface area (TPSA) is 58.0 Å². The van der Waals surface area contributed by atoms with E-state index in [9.17, 15) is 0 Å². The monoisotopic (exact) mass is 243 g/mol. The van der Waals surface area contributed by atoms with Crippen molar-refractivity contribution in [2.45, 2.75) is 39.2 Å². The first-order valence-electron chi connectivity index (χ1n) is 5.60. The van der Waals surface area contributed by atoms with Crippen molar-refractivity contribution >= 4 is 17.5 Å². The van der Waals surface area contributed by atoms with Gasteiger partial charge in [-0.1, -0.05) is 31.9 Å². The highest BCUT2D eigenvalue weighted by Crippen LogP contribution is 2.13. The first kappa shape index (κ1) is 13.2. The number of aryl methyl sites for hydroxylation is 1. The Hall–Kier alpha value is -0.870. The quantitative estimate of drug-likeness (QED) is 0.753. The van der Waals surface area contributed by atoms with Gasteiger partial charge in [0.1, 0.15) is 5.15 Å². The van der Waals surface area contributed by atoms with Crippen molar-refractivity contribution in [1.29, 1.82) is 0 Å². The van der Waals surface area contributed by atoms with E-state index in [2.05, 4.69) is 22.2 Å². The van der Waals surface area contributed by atoms with Gasteiger partial charge >= 0.3 is 0 Å². The summed E-state index contributed by atoms with van der Waals surface area (Å²) in [5.74, 6) is 0.497. The summed E-state index contributed by atoms with van der Waals surface area (Å²) in [7, 11) is 0. The molecule has 0 spiro atoms. The van der Waals surface area contributed by atoms with Crippen molar-refractivity contribution in [3.63, 3.8) is 0 Å². The summed E-state index contributed by atoms with van der Waals surface area (Å²) in [6.07, 6.45) is 2.71. The molecule has 1 aromatic heterocycles. The minimum atomic E-state index is -0.0204. The van der Waals surface area contributed by atoms with Crippen molar-refractivity contribution in [1.82, 2.24) is 9.97 Å². The van der Waals surface area contributed by atoms with Gasteiger partial charge in [-0.05, 0) is 18.9 Å². The SMILES string of the molecule is CCCc1cc(Cl)nc(NC(CC)CO)n1. The second kappa shape index (κ2) is 6.66. The summed E-state index contributed by atoms with van der Waals surface area (Å²) >= 11 is 5.90. The van der Waals surface area contributed by atoms with Gasteiger partial charge in [0.05, 0.1) is 12.6 Å². The van der Waals surface area contributed by atoms with Crippen molar-refractivity contribution in [3.05, 3.63) is 16.9 Å². The predicted molar refractivity (Wildman–Crippen MR) is 65.8 cm³/mol. The summed E-state index contributed by atoms with van der Waals surface area (Å²) in [5, 5.41) is 12.6. The third kappa shape index (κ3) is 3.94. The molecule has 0 fully saturated rings. The van der Waals surface area contributed by atoms with Gasteiger partial charge in [0.15, 0.2) is 0 Å². The molecule has 1 rings (SSSR count). The maximum Gasteiger partial charge on any atom is 0.224 e. The van der Waals surface area contributed by atoms with Crippen molar-refractivity contribution in [3.8, 4) is 0 Å². The molecule has 0 bridgehead atoms. The number of rotatable bonds is 6. The number of aliphatic hydroxyl groups excluding tert-OH is 1. The van der Waals surface area contributed by atoms with Gasteiger partial charge in [0.2, 0.25) is 5.95 Å². The molecule has 0 aliphatic rings. The molecule has 0 aromatic carbocycles. The van der Waals surface area contributed by atoms with E-state index in [0.29, 0.717) is 11.1 Å². The third-order valence-corrected chi connectivity index (χ3v) is 2.49. The fraction of sp³-hybridized carbons (Fsp3) is 0.636. The molecule has 0 saturated heterocycles. The fourth-order valence-corrected chi connectivity index (χ4v) is 1.58. The Morgan fingerprint density at radius 3 is 2.75 bits per heavy atom. The Morgan fingerprint density at radius 2 is 2.19 bits per heavy atom. The van der Waals surface area contributed by atoms with Gasteiger partial charge in [0, 0.05) is 5.69 Å². The Kier molecular flexibility index (Phi) is 5.49. The standard InChI is InChI=1S/C11H18ClN3O/c1-3-5-9-6-10(12)15-11(14-9)13-8(4-2)7-16/h6,8,16H,3-5,7H2,1-2H3,(H,13,14,15). The van der Waals surface area contributed by atoms with Crippen LogP contribution in [0.25, 0.3) is 0 Å². The largest absolute Gasteiger partial charge is 0.394 e. The molecule has 0 saturated carbocycles. The number of anilines is 1. The Morgan fingerprint density at radius 1 is 1.44 bits per heavy atom. The van der Waals surface area contributed by atoms with Crippen LogP contribution in [0.3, 0.4) is 0 Å². The lowest BCUT2D eigenvalue weighted by molar-refractivity contribution is 0.271. The first-order chi connectivity index (χ1) is 7.69. The second-order valence-corrected chi connectivity index (χ2v) is 4.07. The van der Waals surface area contributed by atoms with Gasteiger partial charge in [-0.2, -0.15) is 0 Å². The Labute approximate surface area is 101 Å². The highest BCUT2D eigenvalue weighted by molar-refractivity contribution is 6.29. The second-order valence-electron chi connectivity index (χ2n) is 3.69. The Balaban J connectivity index is 2.78. The lowest BCUT2D eigenvalue weighted by Crippen LogP contribution is -2.24. The van der Waals surface area contributed by atoms with E-state index in [0.717, 1.165) is 25.0 Å². The molecule has 0 amide bonds. The molecule has 90 valence electrons. The Bertz CT molecular complexity index is 329. The van der Waals surface area contributed by atoms with Crippen LogP contribution in [0.15, 0.2) is 6.07 Å². The summed E-state index contributed by atoms with van der Waals surface area (Å²) < 4.78 is 0. The number of halogens is 1. The molecule has 16 heavy (non-hydrogen) atoms. The molecule has 4 nitrogen and oxygen atoms in total. The minimum Gasteiger partial charge on any atom is -0.394 e. The van der Waals surface area contributed by atoms with E-state index >= 15 is 0 Å².